The molecule has 160 valence electrons. The second-order valence-electron chi connectivity index (χ2n) is 7.14. The van der Waals surface area contributed by atoms with Gasteiger partial charge in [0.05, 0.1) is 5.52 Å². The molecule has 1 N–H and O–H groups in total. The van der Waals surface area contributed by atoms with E-state index in [4.69, 9.17) is 11.6 Å². The van der Waals surface area contributed by atoms with E-state index in [9.17, 15) is 4.79 Å². The zero-order chi connectivity index (χ0) is 22.1. The van der Waals surface area contributed by atoms with Crippen LogP contribution in [0.5, 0.6) is 0 Å². The summed E-state index contributed by atoms with van der Waals surface area (Å²) in [6.07, 6.45) is 7.86. The van der Waals surface area contributed by atoms with Crippen molar-refractivity contribution in [2.75, 3.05) is 12.3 Å². The third-order valence-corrected chi connectivity index (χ3v) is 5.99. The lowest BCUT2D eigenvalue weighted by molar-refractivity contribution is 0.707. The molecule has 0 amide bonds. The van der Waals surface area contributed by atoms with E-state index in [0.717, 1.165) is 27.8 Å². The predicted molar refractivity (Wildman–Crippen MR) is 135 cm³/mol. The van der Waals surface area contributed by atoms with E-state index in [0.29, 0.717) is 24.7 Å². The van der Waals surface area contributed by atoms with Gasteiger partial charge < -0.3 is 9.88 Å². The molecular formula is C26H27ClN2OS. The molecule has 3 nitrogen and oxygen atoms in total. The molecule has 0 saturated heterocycles. The van der Waals surface area contributed by atoms with Gasteiger partial charge in [-0.05, 0) is 48.2 Å². The van der Waals surface area contributed by atoms with Crippen LogP contribution in [0.2, 0.25) is 5.02 Å². The Labute approximate surface area is 193 Å². The second-order valence-corrected chi connectivity index (χ2v) is 8.74. The summed E-state index contributed by atoms with van der Waals surface area (Å²) >= 11 is 7.97. The van der Waals surface area contributed by atoms with Crippen molar-refractivity contribution < 1.29 is 0 Å². The summed E-state index contributed by atoms with van der Waals surface area (Å²) in [5.41, 5.74) is 2.59. The van der Waals surface area contributed by atoms with Gasteiger partial charge in [0.25, 0.3) is 5.56 Å². The number of benzene rings is 2. The number of hydrogen-bond donors (Lipinski definition) is 1. The number of hydrogen-bond acceptors (Lipinski definition) is 3. The van der Waals surface area contributed by atoms with Crippen LogP contribution < -0.4 is 10.9 Å². The molecule has 2 aromatic carbocycles. The number of fused-ring (bicyclic) bond motifs is 1. The van der Waals surface area contributed by atoms with E-state index in [2.05, 4.69) is 24.0 Å². The van der Waals surface area contributed by atoms with E-state index in [1.54, 1.807) is 11.8 Å². The molecule has 0 saturated carbocycles. The first kappa shape index (κ1) is 23.1. The summed E-state index contributed by atoms with van der Waals surface area (Å²) in [7, 11) is 0. The maximum absolute atomic E-state index is 13.2. The lowest BCUT2D eigenvalue weighted by atomic mass is 10.1. The van der Waals surface area contributed by atoms with Crippen molar-refractivity contribution in [1.29, 1.82) is 0 Å². The number of halogens is 1. The van der Waals surface area contributed by atoms with E-state index < -0.39 is 0 Å². The Kier molecular flexibility index (Phi) is 8.77. The van der Waals surface area contributed by atoms with E-state index >= 15 is 0 Å². The van der Waals surface area contributed by atoms with Gasteiger partial charge in [-0.15, -0.1) is 11.8 Å². The molecule has 0 bridgehead atoms. The highest BCUT2D eigenvalue weighted by molar-refractivity contribution is 7.99. The van der Waals surface area contributed by atoms with Gasteiger partial charge in [0.2, 0.25) is 0 Å². The van der Waals surface area contributed by atoms with Crippen molar-refractivity contribution >= 4 is 34.3 Å². The molecule has 1 aromatic heterocycles. The normalized spacial score (nSPS) is 11.7. The maximum Gasteiger partial charge on any atom is 0.255 e. The summed E-state index contributed by atoms with van der Waals surface area (Å²) in [4.78, 5) is 14.4. The molecule has 0 unspecified atom stereocenters. The third-order valence-electron chi connectivity index (χ3n) is 4.76. The highest BCUT2D eigenvalue weighted by Gasteiger charge is 2.10. The molecule has 0 aliphatic rings. The first-order valence-electron chi connectivity index (χ1n) is 10.3. The fraction of sp³-hybridized carbons (Fsp3) is 0.192. The number of aromatic nitrogens is 1. The second kappa shape index (κ2) is 11.8. The van der Waals surface area contributed by atoms with Gasteiger partial charge in [-0.25, -0.2) is 0 Å². The Morgan fingerprint density at radius 3 is 2.74 bits per heavy atom. The molecule has 3 rings (SSSR count). The lowest BCUT2D eigenvalue weighted by Gasteiger charge is -2.14. The molecule has 0 fully saturated rings. The van der Waals surface area contributed by atoms with Crippen molar-refractivity contribution in [2.45, 2.75) is 24.9 Å². The van der Waals surface area contributed by atoms with Crippen LogP contribution in [-0.4, -0.2) is 16.9 Å². The molecule has 0 radical (unpaired) electrons. The van der Waals surface area contributed by atoms with Crippen molar-refractivity contribution in [2.24, 2.45) is 0 Å². The van der Waals surface area contributed by atoms with Gasteiger partial charge in [-0.3, -0.25) is 4.79 Å². The average molecular weight is 451 g/mol. The summed E-state index contributed by atoms with van der Waals surface area (Å²) in [5, 5.41) is 4.98. The van der Waals surface area contributed by atoms with Crippen molar-refractivity contribution in [3.63, 3.8) is 0 Å². The Morgan fingerprint density at radius 2 is 1.97 bits per heavy atom. The van der Waals surface area contributed by atoms with Crippen molar-refractivity contribution in [3.8, 4) is 0 Å². The van der Waals surface area contributed by atoms with Crippen LogP contribution in [0.25, 0.3) is 10.9 Å². The van der Waals surface area contributed by atoms with Gasteiger partial charge in [-0.1, -0.05) is 66.7 Å². The summed E-state index contributed by atoms with van der Waals surface area (Å²) in [6, 6.07) is 17.9. The quantitative estimate of drug-likeness (QED) is 0.294. The van der Waals surface area contributed by atoms with E-state index in [-0.39, 0.29) is 5.56 Å². The summed E-state index contributed by atoms with van der Waals surface area (Å²) < 4.78 is 1.84. The van der Waals surface area contributed by atoms with Crippen LogP contribution in [-0.2, 0) is 13.1 Å². The van der Waals surface area contributed by atoms with Gasteiger partial charge in [0.15, 0.2) is 0 Å². The Hall–Kier alpha value is -2.53. The molecule has 5 heteroatoms. The molecule has 31 heavy (non-hydrogen) atoms. The maximum atomic E-state index is 13.2. The zero-order valence-corrected chi connectivity index (χ0v) is 19.3. The Balaban J connectivity index is 1.77. The first-order chi connectivity index (χ1) is 15.1. The molecule has 0 aliphatic heterocycles. The zero-order valence-electron chi connectivity index (χ0n) is 17.7. The molecule has 1 heterocycles. The molecule has 0 aliphatic carbocycles. The van der Waals surface area contributed by atoms with Crippen LogP contribution in [0.1, 0.15) is 12.5 Å². The third kappa shape index (κ3) is 6.73. The van der Waals surface area contributed by atoms with Gasteiger partial charge in [0.1, 0.15) is 0 Å². The Bertz CT molecular complexity index is 1150. The highest BCUT2D eigenvalue weighted by Crippen LogP contribution is 2.21. The first-order valence-corrected chi connectivity index (χ1v) is 11.6. The summed E-state index contributed by atoms with van der Waals surface area (Å²) in [5.74, 6) is 0.801. The number of nitrogens with zero attached hydrogens (tertiary/aromatic N) is 1. The number of pyridine rings is 1. The largest absolute Gasteiger partial charge is 0.308 e. The van der Waals surface area contributed by atoms with Crippen LogP contribution in [0.4, 0.5) is 0 Å². The van der Waals surface area contributed by atoms with Crippen LogP contribution >= 0.6 is 23.4 Å². The van der Waals surface area contributed by atoms with Crippen LogP contribution in [0, 0.1) is 0 Å². The van der Waals surface area contributed by atoms with Crippen molar-refractivity contribution in [3.05, 3.63) is 112 Å². The standard InChI is InChI=1S/C26H27ClN2OS/c1-3-4-6-9-20(2)18-28-19-22-16-21-12-13-23(27)17-25(21)29(26(22)30)14-15-31-24-10-7-5-8-11-24/h3-13,16-17,28H,2,14-15,18-19H2,1H3/b4-3-,9-6-. The van der Waals surface area contributed by atoms with E-state index in [1.807, 2.05) is 78.3 Å². The molecule has 0 atom stereocenters. The fourth-order valence-electron chi connectivity index (χ4n) is 3.24. The lowest BCUT2D eigenvalue weighted by Crippen LogP contribution is -2.28. The molecule has 0 spiro atoms. The van der Waals surface area contributed by atoms with Crippen molar-refractivity contribution in [1.82, 2.24) is 9.88 Å². The molecular weight excluding hydrogens is 424 g/mol. The highest BCUT2D eigenvalue weighted by atomic mass is 35.5. The average Bonchev–Trinajstić information content (AvgIpc) is 2.77. The molecule has 3 aromatic rings. The predicted octanol–water partition coefficient (Wildman–Crippen LogP) is 6.23. The van der Waals surface area contributed by atoms with Crippen LogP contribution in [0.3, 0.4) is 0 Å². The SMILES string of the molecule is C=C(/C=C\C=C/C)CNCc1cc2ccc(Cl)cc2n(CCSc2ccccc2)c1=O. The minimum Gasteiger partial charge on any atom is -0.308 e. The number of allylic oxidation sites excluding steroid dienone is 3. The number of rotatable bonds is 10. The minimum absolute atomic E-state index is 0.0194. The van der Waals surface area contributed by atoms with E-state index in [1.165, 1.54) is 4.90 Å². The number of thioether (sulfide) groups is 1. The van der Waals surface area contributed by atoms with Gasteiger partial charge in [0, 0.05) is 40.9 Å². The van der Waals surface area contributed by atoms with Gasteiger partial charge in [-0.2, -0.15) is 0 Å². The number of aryl methyl sites for hydroxylation is 1. The van der Waals surface area contributed by atoms with Crippen LogP contribution in [0.15, 0.2) is 101 Å². The van der Waals surface area contributed by atoms with Gasteiger partial charge >= 0.3 is 0 Å². The monoisotopic (exact) mass is 450 g/mol. The Morgan fingerprint density at radius 1 is 1.16 bits per heavy atom. The minimum atomic E-state index is 0.0194. The smallest absolute Gasteiger partial charge is 0.255 e. The summed E-state index contributed by atoms with van der Waals surface area (Å²) in [6.45, 7) is 7.74. The fourth-order valence-corrected chi connectivity index (χ4v) is 4.27. The number of nitrogens with one attached hydrogen (secondary N) is 1. The topological polar surface area (TPSA) is 34.0 Å².